The van der Waals surface area contributed by atoms with Gasteiger partial charge in [-0.3, -0.25) is 0 Å². The molecular formula is C16H27ClN2. The maximum absolute atomic E-state index is 6.15. The summed E-state index contributed by atoms with van der Waals surface area (Å²) in [5.41, 5.74) is 2.58. The molecule has 0 saturated carbocycles. The van der Waals surface area contributed by atoms with Crippen LogP contribution in [0, 0.1) is 0 Å². The average Bonchev–Trinajstić information content (AvgIpc) is 2.34. The molecule has 0 radical (unpaired) electrons. The van der Waals surface area contributed by atoms with Crippen molar-refractivity contribution in [2.75, 3.05) is 11.4 Å². The van der Waals surface area contributed by atoms with E-state index in [9.17, 15) is 0 Å². The summed E-state index contributed by atoms with van der Waals surface area (Å²) in [5, 5.41) is 4.29. The first-order valence-corrected chi connectivity index (χ1v) is 7.62. The molecular weight excluding hydrogens is 256 g/mol. The molecule has 108 valence electrons. The number of hydrogen-bond acceptors (Lipinski definition) is 2. The van der Waals surface area contributed by atoms with E-state index in [-0.39, 0.29) is 0 Å². The summed E-state index contributed by atoms with van der Waals surface area (Å²) in [6.45, 7) is 13.0. The van der Waals surface area contributed by atoms with Gasteiger partial charge in [-0.1, -0.05) is 32.4 Å². The van der Waals surface area contributed by atoms with Crippen LogP contribution in [-0.4, -0.2) is 18.6 Å². The van der Waals surface area contributed by atoms with Gasteiger partial charge >= 0.3 is 0 Å². The Bertz CT molecular complexity index is 388. The van der Waals surface area contributed by atoms with Gasteiger partial charge in [-0.05, 0) is 44.0 Å². The first-order valence-electron chi connectivity index (χ1n) is 7.24. The molecule has 2 nitrogen and oxygen atoms in total. The van der Waals surface area contributed by atoms with Crippen molar-refractivity contribution in [1.82, 2.24) is 5.32 Å². The minimum absolute atomic E-state index is 0.477. The third kappa shape index (κ3) is 5.04. The van der Waals surface area contributed by atoms with Crippen molar-refractivity contribution < 1.29 is 0 Å². The van der Waals surface area contributed by atoms with Crippen LogP contribution in [0.3, 0.4) is 0 Å². The van der Waals surface area contributed by atoms with Crippen molar-refractivity contribution in [1.29, 1.82) is 0 Å². The van der Waals surface area contributed by atoms with Crippen LogP contribution >= 0.6 is 11.6 Å². The summed E-state index contributed by atoms with van der Waals surface area (Å²) >= 11 is 6.15. The lowest BCUT2D eigenvalue weighted by molar-refractivity contribution is 0.585. The minimum Gasteiger partial charge on any atom is -0.369 e. The van der Waals surface area contributed by atoms with Gasteiger partial charge in [0, 0.05) is 35.9 Å². The molecule has 0 unspecified atom stereocenters. The molecule has 0 aliphatic heterocycles. The second-order valence-corrected chi connectivity index (χ2v) is 6.03. The van der Waals surface area contributed by atoms with Gasteiger partial charge in [-0.2, -0.15) is 0 Å². The summed E-state index contributed by atoms with van der Waals surface area (Å²) < 4.78 is 0. The fraction of sp³-hybridized carbons (Fsp3) is 0.625. The number of nitrogens with one attached hydrogen (secondary N) is 1. The highest BCUT2D eigenvalue weighted by atomic mass is 35.5. The largest absolute Gasteiger partial charge is 0.369 e. The van der Waals surface area contributed by atoms with Gasteiger partial charge in [0.25, 0.3) is 0 Å². The highest BCUT2D eigenvalue weighted by Crippen LogP contribution is 2.26. The molecule has 3 heteroatoms. The molecule has 0 aromatic heterocycles. The Kier molecular flexibility index (Phi) is 6.67. The molecule has 0 spiro atoms. The third-order valence-electron chi connectivity index (χ3n) is 3.14. The number of halogens is 1. The molecule has 1 aromatic rings. The lowest BCUT2D eigenvalue weighted by atomic mass is 10.1. The highest BCUT2D eigenvalue weighted by molar-refractivity contribution is 6.30. The van der Waals surface area contributed by atoms with E-state index in [0.717, 1.165) is 24.5 Å². The maximum Gasteiger partial charge on any atom is 0.0415 e. The van der Waals surface area contributed by atoms with Crippen LogP contribution < -0.4 is 10.2 Å². The van der Waals surface area contributed by atoms with Gasteiger partial charge in [0.2, 0.25) is 0 Å². The molecule has 0 aliphatic rings. The zero-order chi connectivity index (χ0) is 14.4. The van der Waals surface area contributed by atoms with Crippen molar-refractivity contribution in [3.05, 3.63) is 28.8 Å². The second-order valence-electron chi connectivity index (χ2n) is 5.60. The number of nitrogens with zero attached hydrogens (tertiary/aromatic N) is 1. The normalized spacial score (nSPS) is 11.4. The van der Waals surface area contributed by atoms with Gasteiger partial charge in [-0.25, -0.2) is 0 Å². The predicted octanol–water partition coefficient (Wildman–Crippen LogP) is 4.46. The van der Waals surface area contributed by atoms with E-state index in [1.54, 1.807) is 0 Å². The summed E-state index contributed by atoms with van der Waals surface area (Å²) in [5.74, 6) is 0. The minimum atomic E-state index is 0.477. The molecule has 1 aromatic carbocycles. The lowest BCUT2D eigenvalue weighted by Gasteiger charge is -2.31. The molecule has 0 saturated heterocycles. The lowest BCUT2D eigenvalue weighted by Crippen LogP contribution is -2.33. The van der Waals surface area contributed by atoms with Gasteiger partial charge in [-0.15, -0.1) is 0 Å². The fourth-order valence-electron chi connectivity index (χ4n) is 2.19. The van der Waals surface area contributed by atoms with Crippen molar-refractivity contribution >= 4 is 17.3 Å². The number of rotatable bonds is 7. The van der Waals surface area contributed by atoms with Crippen LogP contribution in [0.15, 0.2) is 18.2 Å². The van der Waals surface area contributed by atoms with E-state index in [1.165, 1.54) is 11.3 Å². The summed E-state index contributed by atoms with van der Waals surface area (Å²) in [6, 6.07) is 7.19. The Balaban J connectivity index is 3.02. The Morgan fingerprint density at radius 1 is 1.21 bits per heavy atom. The quantitative estimate of drug-likeness (QED) is 0.794. The zero-order valence-electron chi connectivity index (χ0n) is 12.8. The fourth-order valence-corrected chi connectivity index (χ4v) is 2.38. The van der Waals surface area contributed by atoms with Crippen molar-refractivity contribution in [2.24, 2.45) is 0 Å². The van der Waals surface area contributed by atoms with Crippen molar-refractivity contribution in [3.8, 4) is 0 Å². The van der Waals surface area contributed by atoms with Crippen molar-refractivity contribution in [2.45, 2.75) is 59.7 Å². The summed E-state index contributed by atoms with van der Waals surface area (Å²) in [4.78, 5) is 2.45. The SMILES string of the molecule is CCCN(c1ccc(Cl)cc1CNC(C)C)C(C)C. The second kappa shape index (κ2) is 7.76. The van der Waals surface area contributed by atoms with Crippen LogP contribution in [0.25, 0.3) is 0 Å². The van der Waals surface area contributed by atoms with Gasteiger partial charge < -0.3 is 10.2 Å². The molecule has 0 amide bonds. The van der Waals surface area contributed by atoms with Gasteiger partial charge in [0.05, 0.1) is 0 Å². The molecule has 1 N–H and O–H groups in total. The Morgan fingerprint density at radius 2 is 1.89 bits per heavy atom. The Morgan fingerprint density at radius 3 is 2.42 bits per heavy atom. The Hall–Kier alpha value is -0.730. The van der Waals surface area contributed by atoms with E-state index in [1.807, 2.05) is 6.07 Å². The van der Waals surface area contributed by atoms with E-state index in [0.29, 0.717) is 12.1 Å². The molecule has 0 atom stereocenters. The van der Waals surface area contributed by atoms with Gasteiger partial charge in [0.15, 0.2) is 0 Å². The standard InChI is InChI=1S/C16H27ClN2/c1-6-9-19(13(4)5)16-8-7-15(17)10-14(16)11-18-12(2)3/h7-8,10,12-13,18H,6,9,11H2,1-5H3. The van der Waals surface area contributed by atoms with Crippen LogP contribution in [0.5, 0.6) is 0 Å². The average molecular weight is 283 g/mol. The van der Waals surface area contributed by atoms with Crippen LogP contribution in [0.2, 0.25) is 5.02 Å². The molecule has 0 aliphatic carbocycles. The molecule has 0 fully saturated rings. The van der Waals surface area contributed by atoms with Crippen LogP contribution in [0.1, 0.15) is 46.6 Å². The topological polar surface area (TPSA) is 15.3 Å². The van der Waals surface area contributed by atoms with E-state index >= 15 is 0 Å². The van der Waals surface area contributed by atoms with Crippen LogP contribution in [0.4, 0.5) is 5.69 Å². The molecule has 19 heavy (non-hydrogen) atoms. The van der Waals surface area contributed by atoms with Crippen LogP contribution in [-0.2, 0) is 6.54 Å². The van der Waals surface area contributed by atoms with Gasteiger partial charge in [0.1, 0.15) is 0 Å². The van der Waals surface area contributed by atoms with E-state index < -0.39 is 0 Å². The Labute approximate surface area is 123 Å². The zero-order valence-corrected chi connectivity index (χ0v) is 13.6. The highest BCUT2D eigenvalue weighted by Gasteiger charge is 2.14. The van der Waals surface area contributed by atoms with E-state index in [2.05, 4.69) is 57.0 Å². The number of hydrogen-bond donors (Lipinski definition) is 1. The number of anilines is 1. The monoisotopic (exact) mass is 282 g/mol. The maximum atomic E-state index is 6.15. The molecule has 1 rings (SSSR count). The first kappa shape index (κ1) is 16.3. The predicted molar refractivity (Wildman–Crippen MR) is 86.2 cm³/mol. The third-order valence-corrected chi connectivity index (χ3v) is 3.37. The van der Waals surface area contributed by atoms with E-state index in [4.69, 9.17) is 11.6 Å². The first-order chi connectivity index (χ1) is 8.95. The molecule has 0 bridgehead atoms. The smallest absolute Gasteiger partial charge is 0.0415 e. The summed E-state index contributed by atoms with van der Waals surface area (Å²) in [7, 11) is 0. The molecule has 0 heterocycles. The summed E-state index contributed by atoms with van der Waals surface area (Å²) in [6.07, 6.45) is 1.15. The van der Waals surface area contributed by atoms with Crippen molar-refractivity contribution in [3.63, 3.8) is 0 Å². The number of benzene rings is 1.